The van der Waals surface area contributed by atoms with Gasteiger partial charge in [0.05, 0.1) is 29.0 Å². The van der Waals surface area contributed by atoms with Crippen LogP contribution in [0.5, 0.6) is 0 Å². The summed E-state index contributed by atoms with van der Waals surface area (Å²) < 4.78 is 44.8. The molecule has 0 saturated heterocycles. The number of nitriles is 3. The molecule has 7 nitrogen and oxygen atoms in total. The molecule has 0 aromatic heterocycles. The second-order valence-corrected chi connectivity index (χ2v) is 9.18. The van der Waals surface area contributed by atoms with Gasteiger partial charge in [-0.25, -0.2) is 4.79 Å². The van der Waals surface area contributed by atoms with Gasteiger partial charge in [-0.3, -0.25) is 0 Å². The molecule has 2 aliphatic rings. The normalized spacial score (nSPS) is 22.0. The average molecular weight is 469 g/mol. The summed E-state index contributed by atoms with van der Waals surface area (Å²) in [7, 11) is 0. The molecule has 0 saturated carbocycles. The van der Waals surface area contributed by atoms with E-state index in [0.29, 0.717) is 5.57 Å². The molecule has 1 heterocycles. The first-order chi connectivity index (χ1) is 15.8. The van der Waals surface area contributed by atoms with Gasteiger partial charge in [-0.1, -0.05) is 18.2 Å². The van der Waals surface area contributed by atoms with E-state index in [1.54, 1.807) is 26.8 Å². The molecule has 2 N–H and O–H groups in total. The zero-order valence-corrected chi connectivity index (χ0v) is 18.8. The molecule has 0 bridgehead atoms. The molecule has 0 spiro atoms. The SMILES string of the molecule is CC(C)(C)OC(=O)N1CC=C2C(C#N)=C(N)C(C#N)(C#N)[C@@H](c3ccc(C(F)(F)F)cc3)C2C1. The van der Waals surface area contributed by atoms with E-state index in [1.807, 2.05) is 18.2 Å². The van der Waals surface area contributed by atoms with Crippen LogP contribution in [-0.2, 0) is 10.9 Å². The summed E-state index contributed by atoms with van der Waals surface area (Å²) >= 11 is 0. The largest absolute Gasteiger partial charge is 0.444 e. The lowest BCUT2D eigenvalue weighted by Gasteiger charge is -2.45. The van der Waals surface area contributed by atoms with Crippen LogP contribution in [0.15, 0.2) is 47.2 Å². The summed E-state index contributed by atoms with van der Waals surface area (Å²) in [5.41, 5.74) is 2.94. The molecule has 1 aromatic rings. The van der Waals surface area contributed by atoms with Crippen LogP contribution in [0.2, 0.25) is 0 Å². The molecule has 1 unspecified atom stereocenters. The minimum Gasteiger partial charge on any atom is -0.444 e. The second kappa shape index (κ2) is 8.43. The van der Waals surface area contributed by atoms with Crippen molar-refractivity contribution in [3.63, 3.8) is 0 Å². The van der Waals surface area contributed by atoms with Gasteiger partial charge in [0.1, 0.15) is 11.7 Å². The molecule has 0 fully saturated rings. The van der Waals surface area contributed by atoms with Crippen LogP contribution in [-0.4, -0.2) is 29.7 Å². The van der Waals surface area contributed by atoms with Crippen molar-refractivity contribution >= 4 is 6.09 Å². The van der Waals surface area contributed by atoms with Crippen LogP contribution in [0.25, 0.3) is 0 Å². The standard InChI is InChI=1S/C24H22F3N5O2/c1-22(2,3)34-21(33)32-9-8-16-17(10-28)20(31)23(12-29,13-30)19(18(16)11-32)14-4-6-15(7-5-14)24(25,26)27/h4-8,18-19H,9,11,31H2,1-3H3/t18?,19-/m0/s1. The minimum absolute atomic E-state index is 0.0179. The van der Waals surface area contributed by atoms with E-state index in [1.165, 1.54) is 17.0 Å². The van der Waals surface area contributed by atoms with Crippen molar-refractivity contribution in [2.75, 3.05) is 13.1 Å². The van der Waals surface area contributed by atoms with Gasteiger partial charge in [0.25, 0.3) is 0 Å². The number of nitrogens with zero attached hydrogens (tertiary/aromatic N) is 4. The summed E-state index contributed by atoms with van der Waals surface area (Å²) in [6.45, 7) is 5.20. The number of hydrogen-bond acceptors (Lipinski definition) is 6. The molecule has 0 radical (unpaired) electrons. The quantitative estimate of drug-likeness (QED) is 0.651. The number of nitrogens with two attached hydrogens (primary N) is 1. The third kappa shape index (κ3) is 4.18. The predicted molar refractivity (Wildman–Crippen MR) is 114 cm³/mol. The third-order valence-corrected chi connectivity index (χ3v) is 5.91. The molecule has 10 heteroatoms. The lowest BCUT2D eigenvalue weighted by molar-refractivity contribution is -0.137. The van der Waals surface area contributed by atoms with E-state index in [-0.39, 0.29) is 29.9 Å². The Hall–Kier alpha value is -3.97. The van der Waals surface area contributed by atoms with Gasteiger partial charge in [0.2, 0.25) is 0 Å². The second-order valence-electron chi connectivity index (χ2n) is 9.18. The smallest absolute Gasteiger partial charge is 0.416 e. The molecular formula is C24H22F3N5O2. The van der Waals surface area contributed by atoms with Gasteiger partial charge in [-0.05, 0) is 44.0 Å². The monoisotopic (exact) mass is 469 g/mol. The first-order valence-corrected chi connectivity index (χ1v) is 10.4. The molecule has 1 aliphatic carbocycles. The minimum atomic E-state index is -4.57. The van der Waals surface area contributed by atoms with Gasteiger partial charge in [-0.15, -0.1) is 0 Å². The summed E-state index contributed by atoms with van der Waals surface area (Å²) in [4.78, 5) is 14.1. The number of amides is 1. The van der Waals surface area contributed by atoms with Crippen LogP contribution in [0, 0.1) is 45.3 Å². The van der Waals surface area contributed by atoms with Crippen molar-refractivity contribution in [1.29, 1.82) is 15.8 Å². The van der Waals surface area contributed by atoms with Crippen molar-refractivity contribution in [1.82, 2.24) is 4.90 Å². The van der Waals surface area contributed by atoms with E-state index in [9.17, 15) is 33.8 Å². The Morgan fingerprint density at radius 1 is 1.15 bits per heavy atom. The zero-order valence-electron chi connectivity index (χ0n) is 18.8. The Bertz CT molecular complexity index is 1170. The van der Waals surface area contributed by atoms with Crippen molar-refractivity contribution < 1.29 is 22.7 Å². The highest BCUT2D eigenvalue weighted by molar-refractivity contribution is 5.70. The van der Waals surface area contributed by atoms with Crippen molar-refractivity contribution in [2.24, 2.45) is 17.1 Å². The number of alkyl halides is 3. The van der Waals surface area contributed by atoms with Crippen LogP contribution in [0.1, 0.15) is 37.8 Å². The highest BCUT2D eigenvalue weighted by atomic mass is 19.4. The molecule has 1 aliphatic heterocycles. The maximum atomic E-state index is 13.1. The summed E-state index contributed by atoms with van der Waals surface area (Å²) in [5, 5.41) is 29.9. The molecule has 1 amide bonds. The predicted octanol–water partition coefficient (Wildman–Crippen LogP) is 4.37. The molecule has 3 rings (SSSR count). The Labute approximate surface area is 195 Å². The number of halogens is 3. The molecule has 176 valence electrons. The van der Waals surface area contributed by atoms with E-state index in [0.717, 1.165) is 12.1 Å². The lowest BCUT2D eigenvalue weighted by atomic mass is 9.58. The fourth-order valence-corrected chi connectivity index (χ4v) is 4.41. The number of rotatable bonds is 1. The van der Waals surface area contributed by atoms with Crippen LogP contribution in [0.3, 0.4) is 0 Å². The summed E-state index contributed by atoms with van der Waals surface area (Å²) in [6.07, 6.45) is -3.59. The molecular weight excluding hydrogens is 447 g/mol. The van der Waals surface area contributed by atoms with Crippen LogP contribution < -0.4 is 5.73 Å². The van der Waals surface area contributed by atoms with Crippen molar-refractivity contribution in [3.8, 4) is 18.2 Å². The molecule has 34 heavy (non-hydrogen) atoms. The van der Waals surface area contributed by atoms with Crippen molar-refractivity contribution in [2.45, 2.75) is 38.5 Å². The van der Waals surface area contributed by atoms with E-state index < -0.39 is 40.7 Å². The van der Waals surface area contributed by atoms with Gasteiger partial charge in [-0.2, -0.15) is 29.0 Å². The number of ether oxygens (including phenoxy) is 1. The van der Waals surface area contributed by atoms with Gasteiger partial charge in [0.15, 0.2) is 5.41 Å². The third-order valence-electron chi connectivity index (χ3n) is 5.91. The number of benzene rings is 1. The van der Waals surface area contributed by atoms with Crippen molar-refractivity contribution in [3.05, 3.63) is 58.3 Å². The number of fused-ring (bicyclic) bond motifs is 1. The lowest BCUT2D eigenvalue weighted by Crippen LogP contribution is -2.50. The first-order valence-electron chi connectivity index (χ1n) is 10.4. The molecule has 2 atom stereocenters. The highest BCUT2D eigenvalue weighted by Gasteiger charge is 2.55. The number of allylic oxidation sites excluding steroid dienone is 2. The number of carbonyl (C=O) groups excluding carboxylic acids is 1. The van der Waals surface area contributed by atoms with Gasteiger partial charge < -0.3 is 15.4 Å². The highest BCUT2D eigenvalue weighted by Crippen LogP contribution is 2.54. The van der Waals surface area contributed by atoms with E-state index in [4.69, 9.17) is 10.5 Å². The first kappa shape index (κ1) is 24.7. The molecule has 1 aromatic carbocycles. The Morgan fingerprint density at radius 3 is 2.21 bits per heavy atom. The van der Waals surface area contributed by atoms with Gasteiger partial charge in [0, 0.05) is 24.9 Å². The summed E-state index contributed by atoms with van der Waals surface area (Å²) in [6, 6.07) is 9.92. The Morgan fingerprint density at radius 2 is 1.74 bits per heavy atom. The Kier molecular flexibility index (Phi) is 6.11. The van der Waals surface area contributed by atoms with Gasteiger partial charge >= 0.3 is 12.3 Å². The fraction of sp³-hybridized carbons (Fsp3) is 0.417. The average Bonchev–Trinajstić information content (AvgIpc) is 2.76. The summed E-state index contributed by atoms with van der Waals surface area (Å²) in [5.74, 6) is -1.78. The maximum Gasteiger partial charge on any atom is 0.416 e. The zero-order chi connectivity index (χ0) is 25.5. The number of hydrogen-bond donors (Lipinski definition) is 1. The Balaban J connectivity index is 2.18. The van der Waals surface area contributed by atoms with E-state index in [2.05, 4.69) is 0 Å². The number of carbonyl (C=O) groups is 1. The maximum absolute atomic E-state index is 13.1. The van der Waals surface area contributed by atoms with Crippen LogP contribution in [0.4, 0.5) is 18.0 Å². The van der Waals surface area contributed by atoms with Crippen LogP contribution >= 0.6 is 0 Å². The topological polar surface area (TPSA) is 127 Å². The van der Waals surface area contributed by atoms with E-state index >= 15 is 0 Å². The fourth-order valence-electron chi connectivity index (χ4n) is 4.41.